The highest BCUT2D eigenvalue weighted by Crippen LogP contribution is 2.30. The van der Waals surface area contributed by atoms with E-state index in [0.717, 1.165) is 11.1 Å². The number of anilines is 1. The van der Waals surface area contributed by atoms with Gasteiger partial charge in [0.2, 0.25) is 5.91 Å². The number of non-ortho nitro benzene ring substituents is 1. The van der Waals surface area contributed by atoms with Crippen LogP contribution in [0.2, 0.25) is 0 Å². The summed E-state index contributed by atoms with van der Waals surface area (Å²) < 4.78 is 10.5. The molecule has 2 rings (SSSR count). The van der Waals surface area contributed by atoms with Crippen molar-refractivity contribution < 1.29 is 19.2 Å². The number of nitrogens with one attached hydrogen (secondary N) is 1. The van der Waals surface area contributed by atoms with Crippen LogP contribution in [0.3, 0.4) is 0 Å². The Morgan fingerprint density at radius 3 is 2.25 bits per heavy atom. The molecule has 0 unspecified atom stereocenters. The van der Waals surface area contributed by atoms with E-state index in [9.17, 15) is 14.9 Å². The number of carbonyl (C=O) groups excluding carboxylic acids is 1. The highest BCUT2D eigenvalue weighted by Gasteiger charge is 2.12. The molecule has 7 heteroatoms. The second-order valence-electron chi connectivity index (χ2n) is 5.16. The van der Waals surface area contributed by atoms with Gasteiger partial charge in [-0.25, -0.2) is 0 Å². The predicted octanol–water partition coefficient (Wildman–Crippen LogP) is 3.10. The Hall–Kier alpha value is -3.09. The van der Waals surface area contributed by atoms with E-state index in [0.29, 0.717) is 17.2 Å². The normalized spacial score (nSPS) is 10.1. The van der Waals surface area contributed by atoms with Gasteiger partial charge in [-0.2, -0.15) is 0 Å². The predicted molar refractivity (Wildman–Crippen MR) is 89.7 cm³/mol. The molecule has 0 atom stereocenters. The number of nitro groups is 1. The van der Waals surface area contributed by atoms with Crippen LogP contribution in [0.5, 0.6) is 11.5 Å². The molecule has 2 aromatic carbocycles. The molecule has 1 amide bonds. The van der Waals surface area contributed by atoms with E-state index >= 15 is 0 Å². The topological polar surface area (TPSA) is 90.7 Å². The van der Waals surface area contributed by atoms with Crippen molar-refractivity contribution in [1.29, 1.82) is 0 Å². The van der Waals surface area contributed by atoms with E-state index in [1.165, 1.54) is 31.4 Å². The minimum atomic E-state index is -0.488. The number of benzene rings is 2. The van der Waals surface area contributed by atoms with Crippen LogP contribution in [0.15, 0.2) is 36.4 Å². The molecule has 0 spiro atoms. The SMILES string of the molecule is COc1cc(C)c(CC(=O)Nc2ccc([N+](=O)[O-])cc2)cc1OC. The Morgan fingerprint density at radius 2 is 1.71 bits per heavy atom. The van der Waals surface area contributed by atoms with E-state index in [4.69, 9.17) is 9.47 Å². The monoisotopic (exact) mass is 330 g/mol. The zero-order chi connectivity index (χ0) is 17.7. The number of hydrogen-bond acceptors (Lipinski definition) is 5. The number of nitrogens with zero attached hydrogens (tertiary/aromatic N) is 1. The van der Waals surface area contributed by atoms with Crippen LogP contribution in [0, 0.1) is 17.0 Å². The van der Waals surface area contributed by atoms with Gasteiger partial charge in [0.15, 0.2) is 11.5 Å². The molecular weight excluding hydrogens is 312 g/mol. The average Bonchev–Trinajstić information content (AvgIpc) is 2.56. The lowest BCUT2D eigenvalue weighted by atomic mass is 10.0. The van der Waals surface area contributed by atoms with Gasteiger partial charge in [0.1, 0.15) is 0 Å². The average molecular weight is 330 g/mol. The van der Waals surface area contributed by atoms with Crippen LogP contribution in [0.1, 0.15) is 11.1 Å². The molecule has 0 aromatic heterocycles. The van der Waals surface area contributed by atoms with Gasteiger partial charge in [0.25, 0.3) is 5.69 Å². The van der Waals surface area contributed by atoms with E-state index in [1.807, 2.05) is 13.0 Å². The molecule has 0 fully saturated rings. The van der Waals surface area contributed by atoms with Gasteiger partial charge in [-0.3, -0.25) is 14.9 Å². The smallest absolute Gasteiger partial charge is 0.269 e. The van der Waals surface area contributed by atoms with Crippen molar-refractivity contribution in [3.8, 4) is 11.5 Å². The van der Waals surface area contributed by atoms with Gasteiger partial charge in [-0.15, -0.1) is 0 Å². The number of rotatable bonds is 6. The van der Waals surface area contributed by atoms with Gasteiger partial charge in [-0.05, 0) is 42.3 Å². The molecular formula is C17H18N2O5. The maximum Gasteiger partial charge on any atom is 0.269 e. The Morgan fingerprint density at radius 1 is 1.12 bits per heavy atom. The fourth-order valence-corrected chi connectivity index (χ4v) is 2.26. The Kier molecular flexibility index (Phi) is 5.36. The molecule has 1 N–H and O–H groups in total. The molecule has 0 aliphatic heterocycles. The number of aryl methyl sites for hydroxylation is 1. The molecule has 0 aliphatic rings. The number of ether oxygens (including phenoxy) is 2. The quantitative estimate of drug-likeness (QED) is 0.649. The van der Waals surface area contributed by atoms with Crippen LogP contribution < -0.4 is 14.8 Å². The summed E-state index contributed by atoms with van der Waals surface area (Å²) in [6.07, 6.45) is 0.156. The van der Waals surface area contributed by atoms with Gasteiger partial charge < -0.3 is 14.8 Å². The largest absolute Gasteiger partial charge is 0.493 e. The van der Waals surface area contributed by atoms with Crippen LogP contribution in [0.25, 0.3) is 0 Å². The molecule has 126 valence electrons. The number of amides is 1. The Balaban J connectivity index is 2.10. The zero-order valence-electron chi connectivity index (χ0n) is 13.7. The summed E-state index contributed by atoms with van der Waals surface area (Å²) in [7, 11) is 3.09. The molecule has 0 saturated carbocycles. The van der Waals surface area contributed by atoms with Gasteiger partial charge >= 0.3 is 0 Å². The number of nitro benzene ring substituents is 1. The van der Waals surface area contributed by atoms with Gasteiger partial charge in [0, 0.05) is 17.8 Å². The number of methoxy groups -OCH3 is 2. The molecule has 0 saturated heterocycles. The molecule has 0 aliphatic carbocycles. The van der Waals surface area contributed by atoms with Crippen molar-refractivity contribution in [2.24, 2.45) is 0 Å². The van der Waals surface area contributed by atoms with Crippen LogP contribution in [-0.4, -0.2) is 25.1 Å². The van der Waals surface area contributed by atoms with Crippen molar-refractivity contribution in [2.75, 3.05) is 19.5 Å². The zero-order valence-corrected chi connectivity index (χ0v) is 13.7. The molecule has 0 heterocycles. The summed E-state index contributed by atoms with van der Waals surface area (Å²) in [5.74, 6) is 0.940. The lowest BCUT2D eigenvalue weighted by Crippen LogP contribution is -2.15. The number of carbonyl (C=O) groups is 1. The summed E-state index contributed by atoms with van der Waals surface area (Å²) in [5, 5.41) is 13.3. The van der Waals surface area contributed by atoms with Crippen LogP contribution >= 0.6 is 0 Å². The third kappa shape index (κ3) is 4.01. The lowest BCUT2D eigenvalue weighted by molar-refractivity contribution is -0.384. The van der Waals surface area contributed by atoms with Gasteiger partial charge in [-0.1, -0.05) is 0 Å². The van der Waals surface area contributed by atoms with Crippen molar-refractivity contribution >= 4 is 17.3 Å². The van der Waals surface area contributed by atoms with Crippen molar-refractivity contribution in [2.45, 2.75) is 13.3 Å². The molecule has 0 radical (unpaired) electrons. The maximum absolute atomic E-state index is 12.2. The fourth-order valence-electron chi connectivity index (χ4n) is 2.26. The Labute approximate surface area is 139 Å². The first-order valence-electron chi connectivity index (χ1n) is 7.20. The standard InChI is InChI=1S/C17H18N2O5/c1-11-8-15(23-2)16(24-3)9-12(11)10-17(20)18-13-4-6-14(7-5-13)19(21)22/h4-9H,10H2,1-3H3,(H,18,20). The molecule has 0 bridgehead atoms. The van der Waals surface area contributed by atoms with Crippen molar-refractivity contribution in [3.05, 3.63) is 57.6 Å². The second kappa shape index (κ2) is 7.45. The summed E-state index contributed by atoms with van der Waals surface area (Å²) in [6, 6.07) is 9.26. The van der Waals surface area contributed by atoms with E-state index < -0.39 is 4.92 Å². The third-order valence-electron chi connectivity index (χ3n) is 3.56. The number of hydrogen-bond donors (Lipinski definition) is 1. The maximum atomic E-state index is 12.2. The van der Waals surface area contributed by atoms with Gasteiger partial charge in [0.05, 0.1) is 25.6 Å². The minimum absolute atomic E-state index is 0.0243. The van der Waals surface area contributed by atoms with Crippen LogP contribution in [-0.2, 0) is 11.2 Å². The minimum Gasteiger partial charge on any atom is -0.493 e. The van der Waals surface area contributed by atoms with Crippen molar-refractivity contribution in [3.63, 3.8) is 0 Å². The first-order chi connectivity index (χ1) is 11.4. The van der Waals surface area contributed by atoms with Crippen molar-refractivity contribution in [1.82, 2.24) is 0 Å². The first kappa shape index (κ1) is 17.3. The van der Waals surface area contributed by atoms with E-state index in [2.05, 4.69) is 5.32 Å². The summed E-state index contributed by atoms with van der Waals surface area (Å²) >= 11 is 0. The van der Waals surface area contributed by atoms with E-state index in [1.54, 1.807) is 13.2 Å². The third-order valence-corrected chi connectivity index (χ3v) is 3.56. The summed E-state index contributed by atoms with van der Waals surface area (Å²) in [6.45, 7) is 1.89. The Bertz CT molecular complexity index is 756. The van der Waals surface area contributed by atoms with Crippen LogP contribution in [0.4, 0.5) is 11.4 Å². The highest BCUT2D eigenvalue weighted by atomic mass is 16.6. The first-order valence-corrected chi connectivity index (χ1v) is 7.20. The highest BCUT2D eigenvalue weighted by molar-refractivity contribution is 5.92. The molecule has 2 aromatic rings. The fraction of sp³-hybridized carbons (Fsp3) is 0.235. The summed E-state index contributed by atoms with van der Waals surface area (Å²) in [4.78, 5) is 22.3. The molecule has 24 heavy (non-hydrogen) atoms. The lowest BCUT2D eigenvalue weighted by Gasteiger charge is -2.13. The van der Waals surface area contributed by atoms with E-state index in [-0.39, 0.29) is 18.0 Å². The summed E-state index contributed by atoms with van der Waals surface area (Å²) in [5.41, 5.74) is 2.20. The second-order valence-corrected chi connectivity index (χ2v) is 5.16. The molecule has 7 nitrogen and oxygen atoms in total.